The first-order valence-corrected chi connectivity index (χ1v) is 8.57. The zero-order valence-electron chi connectivity index (χ0n) is 14.5. The minimum atomic E-state index is -0.429. The summed E-state index contributed by atoms with van der Waals surface area (Å²) in [4.78, 5) is 12.1. The van der Waals surface area contributed by atoms with Crippen molar-refractivity contribution in [3.63, 3.8) is 0 Å². The Labute approximate surface area is 148 Å². The zero-order valence-corrected chi connectivity index (χ0v) is 14.5. The molecule has 1 amide bonds. The van der Waals surface area contributed by atoms with Crippen molar-refractivity contribution in [1.82, 2.24) is 5.43 Å². The summed E-state index contributed by atoms with van der Waals surface area (Å²) in [6.07, 6.45) is 8.04. The second-order valence-corrected chi connectivity index (χ2v) is 5.80. The Kier molecular flexibility index (Phi) is 7.44. The minimum absolute atomic E-state index is 0.0572. The molecule has 0 saturated carbocycles. The van der Waals surface area contributed by atoms with Gasteiger partial charge in [-0.25, -0.2) is 5.43 Å². The summed E-state index contributed by atoms with van der Waals surface area (Å²) in [6, 6.07) is 16.4. The fraction of sp³-hybridized carbons (Fsp3) is 0.238. The Morgan fingerprint density at radius 3 is 2.52 bits per heavy atom. The van der Waals surface area contributed by atoms with Crippen LogP contribution in [0.25, 0.3) is 6.08 Å². The van der Waals surface area contributed by atoms with Crippen molar-refractivity contribution in [2.45, 2.75) is 32.6 Å². The lowest BCUT2D eigenvalue weighted by molar-refractivity contribution is 0.0952. The van der Waals surface area contributed by atoms with E-state index in [1.54, 1.807) is 24.4 Å². The van der Waals surface area contributed by atoms with E-state index in [0.717, 1.165) is 36.8 Å². The first-order valence-electron chi connectivity index (χ1n) is 8.57. The average molecular weight is 336 g/mol. The number of rotatable bonds is 8. The molecule has 0 aromatic heterocycles. The van der Waals surface area contributed by atoms with Gasteiger partial charge in [-0.2, -0.15) is 5.10 Å². The highest BCUT2D eigenvalue weighted by Crippen LogP contribution is 2.15. The van der Waals surface area contributed by atoms with Gasteiger partial charge in [-0.3, -0.25) is 4.79 Å². The van der Waals surface area contributed by atoms with Gasteiger partial charge in [0, 0.05) is 0 Å². The van der Waals surface area contributed by atoms with Gasteiger partial charge in [0.15, 0.2) is 0 Å². The number of allylic oxidation sites excluding steroid dienone is 1. The molecule has 0 heterocycles. The molecule has 0 aliphatic heterocycles. The highest BCUT2D eigenvalue weighted by molar-refractivity contribution is 5.97. The van der Waals surface area contributed by atoms with Crippen molar-refractivity contribution < 1.29 is 9.90 Å². The molecule has 0 atom stereocenters. The number of unbranched alkanes of at least 4 members (excludes halogenated alkanes) is 2. The predicted molar refractivity (Wildman–Crippen MR) is 103 cm³/mol. The number of phenols is 1. The van der Waals surface area contributed by atoms with E-state index < -0.39 is 5.91 Å². The fourth-order valence-corrected chi connectivity index (χ4v) is 2.42. The molecule has 0 aliphatic rings. The number of amides is 1. The van der Waals surface area contributed by atoms with Crippen LogP contribution in [0.1, 0.15) is 48.5 Å². The SMILES string of the molecule is CCCCCC(/C=N/NC(=O)c1ccccc1O)=C\c1ccccc1. The second-order valence-electron chi connectivity index (χ2n) is 5.80. The van der Waals surface area contributed by atoms with Gasteiger partial charge >= 0.3 is 0 Å². The number of nitrogens with zero attached hydrogens (tertiary/aromatic N) is 1. The molecule has 2 aromatic rings. The van der Waals surface area contributed by atoms with Gasteiger partial charge in [-0.1, -0.05) is 68.3 Å². The van der Waals surface area contributed by atoms with Crippen molar-refractivity contribution in [1.29, 1.82) is 0 Å². The quantitative estimate of drug-likeness (QED) is 0.414. The van der Waals surface area contributed by atoms with E-state index in [1.165, 1.54) is 6.07 Å². The maximum atomic E-state index is 12.1. The minimum Gasteiger partial charge on any atom is -0.507 e. The molecular formula is C21H24N2O2. The smallest absolute Gasteiger partial charge is 0.275 e. The normalized spacial score (nSPS) is 11.6. The first kappa shape index (κ1) is 18.5. The molecule has 4 heteroatoms. The van der Waals surface area contributed by atoms with Crippen LogP contribution in [0.3, 0.4) is 0 Å². The number of benzene rings is 2. The number of phenolic OH excluding ortho intramolecular Hbond substituents is 1. The maximum absolute atomic E-state index is 12.1. The van der Waals surface area contributed by atoms with Crippen LogP contribution in [0, 0.1) is 0 Å². The molecule has 130 valence electrons. The summed E-state index contributed by atoms with van der Waals surface area (Å²) in [6.45, 7) is 2.17. The molecule has 0 radical (unpaired) electrons. The van der Waals surface area contributed by atoms with Crippen LogP contribution in [0.4, 0.5) is 0 Å². The maximum Gasteiger partial charge on any atom is 0.275 e. The highest BCUT2D eigenvalue weighted by Gasteiger charge is 2.08. The van der Waals surface area contributed by atoms with Crippen molar-refractivity contribution in [2.75, 3.05) is 0 Å². The molecule has 2 rings (SSSR count). The van der Waals surface area contributed by atoms with E-state index >= 15 is 0 Å². The number of hydrazone groups is 1. The van der Waals surface area contributed by atoms with Crippen molar-refractivity contribution in [2.24, 2.45) is 5.10 Å². The van der Waals surface area contributed by atoms with Crippen LogP contribution in [0.5, 0.6) is 5.75 Å². The van der Waals surface area contributed by atoms with Gasteiger partial charge in [0.25, 0.3) is 5.91 Å². The highest BCUT2D eigenvalue weighted by atomic mass is 16.3. The number of carbonyl (C=O) groups excluding carboxylic acids is 1. The van der Waals surface area contributed by atoms with Crippen molar-refractivity contribution in [3.8, 4) is 5.75 Å². The third kappa shape index (κ3) is 6.26. The number of aromatic hydroxyl groups is 1. The van der Waals surface area contributed by atoms with Gasteiger partial charge in [0.2, 0.25) is 0 Å². The van der Waals surface area contributed by atoms with E-state index in [4.69, 9.17) is 0 Å². The summed E-state index contributed by atoms with van der Waals surface area (Å²) in [5, 5.41) is 13.8. The van der Waals surface area contributed by atoms with Crippen molar-refractivity contribution in [3.05, 3.63) is 71.3 Å². The van der Waals surface area contributed by atoms with Gasteiger partial charge in [-0.15, -0.1) is 0 Å². The summed E-state index contributed by atoms with van der Waals surface area (Å²) >= 11 is 0. The summed E-state index contributed by atoms with van der Waals surface area (Å²) in [7, 11) is 0. The van der Waals surface area contributed by atoms with E-state index in [1.807, 2.05) is 30.3 Å². The lowest BCUT2D eigenvalue weighted by atomic mass is 10.1. The van der Waals surface area contributed by atoms with E-state index in [0.29, 0.717) is 0 Å². The number of carbonyl (C=O) groups is 1. The summed E-state index contributed by atoms with van der Waals surface area (Å²) in [5.74, 6) is -0.486. The average Bonchev–Trinajstić information content (AvgIpc) is 2.63. The molecule has 4 nitrogen and oxygen atoms in total. The molecule has 0 unspecified atom stereocenters. The number of hydrogen-bond donors (Lipinski definition) is 2. The molecule has 25 heavy (non-hydrogen) atoms. The zero-order chi connectivity index (χ0) is 17.9. The summed E-state index contributed by atoms with van der Waals surface area (Å²) < 4.78 is 0. The van der Waals surface area contributed by atoms with E-state index in [9.17, 15) is 9.90 Å². The van der Waals surface area contributed by atoms with Crippen LogP contribution < -0.4 is 5.43 Å². The first-order chi connectivity index (χ1) is 12.2. The number of hydrogen-bond acceptors (Lipinski definition) is 3. The Balaban J connectivity index is 2.05. The van der Waals surface area contributed by atoms with Crippen LogP contribution in [0.15, 0.2) is 65.3 Å². The molecule has 0 bridgehead atoms. The third-order valence-electron chi connectivity index (χ3n) is 3.77. The molecular weight excluding hydrogens is 312 g/mol. The molecule has 0 fully saturated rings. The second kappa shape index (κ2) is 10.1. The molecule has 2 N–H and O–H groups in total. The Morgan fingerprint density at radius 2 is 1.80 bits per heavy atom. The van der Waals surface area contributed by atoms with Crippen LogP contribution in [-0.2, 0) is 0 Å². The largest absolute Gasteiger partial charge is 0.507 e. The van der Waals surface area contributed by atoms with Gasteiger partial charge in [0.1, 0.15) is 5.75 Å². The Bertz CT molecular complexity index is 737. The van der Waals surface area contributed by atoms with Crippen molar-refractivity contribution >= 4 is 18.2 Å². The van der Waals surface area contributed by atoms with Gasteiger partial charge in [0.05, 0.1) is 11.8 Å². The monoisotopic (exact) mass is 336 g/mol. The van der Waals surface area contributed by atoms with E-state index in [-0.39, 0.29) is 11.3 Å². The third-order valence-corrected chi connectivity index (χ3v) is 3.77. The van der Waals surface area contributed by atoms with Crippen LogP contribution >= 0.6 is 0 Å². The number of para-hydroxylation sites is 1. The molecule has 0 spiro atoms. The molecule has 0 saturated heterocycles. The predicted octanol–water partition coefficient (Wildman–Crippen LogP) is 4.77. The van der Waals surface area contributed by atoms with Crippen LogP contribution in [0.2, 0.25) is 0 Å². The van der Waals surface area contributed by atoms with Crippen LogP contribution in [-0.4, -0.2) is 17.2 Å². The summed E-state index contributed by atoms with van der Waals surface area (Å²) in [5.41, 5.74) is 4.84. The number of nitrogens with one attached hydrogen (secondary N) is 1. The van der Waals surface area contributed by atoms with E-state index in [2.05, 4.69) is 23.5 Å². The van der Waals surface area contributed by atoms with Gasteiger partial charge in [-0.05, 0) is 36.1 Å². The lowest BCUT2D eigenvalue weighted by Gasteiger charge is -2.04. The lowest BCUT2D eigenvalue weighted by Crippen LogP contribution is -2.17. The Morgan fingerprint density at radius 1 is 1.08 bits per heavy atom. The fourth-order valence-electron chi connectivity index (χ4n) is 2.42. The van der Waals surface area contributed by atoms with Gasteiger partial charge < -0.3 is 5.11 Å². The topological polar surface area (TPSA) is 61.7 Å². The standard InChI is InChI=1S/C21H24N2O2/c1-2-3-5-12-18(15-17-10-6-4-7-11-17)16-22-23-21(25)19-13-8-9-14-20(19)24/h4,6-11,13-16,24H,2-3,5,12H2,1H3,(H,23,25)/b18-15+,22-16+. The molecule has 2 aromatic carbocycles. The Hall–Kier alpha value is -2.88. The molecule has 0 aliphatic carbocycles.